The first-order valence-electron chi connectivity index (χ1n) is 7.14. The summed E-state index contributed by atoms with van der Waals surface area (Å²) in [5, 5.41) is 0.881. The van der Waals surface area contributed by atoms with Crippen molar-refractivity contribution in [3.63, 3.8) is 0 Å². The minimum atomic E-state index is 0.338. The highest BCUT2D eigenvalue weighted by Crippen LogP contribution is 2.31. The highest BCUT2D eigenvalue weighted by Gasteiger charge is 2.18. The summed E-state index contributed by atoms with van der Waals surface area (Å²) < 4.78 is 6.10. The summed E-state index contributed by atoms with van der Waals surface area (Å²) in [6.45, 7) is 0. The molecule has 1 aliphatic carbocycles. The lowest BCUT2D eigenvalue weighted by Gasteiger charge is -2.15. The third-order valence-corrected chi connectivity index (χ3v) is 4.42. The molecule has 1 aromatic heterocycles. The number of aromatic nitrogens is 1. The molecule has 2 aromatic rings. The molecule has 2 nitrogen and oxygen atoms in total. The van der Waals surface area contributed by atoms with Crippen molar-refractivity contribution >= 4 is 15.9 Å². The molecule has 0 aliphatic heterocycles. The van der Waals surface area contributed by atoms with Crippen LogP contribution in [0.4, 0.5) is 0 Å². The number of nitrogens with zero attached hydrogens (tertiary/aromatic N) is 1. The minimum absolute atomic E-state index is 0.338. The van der Waals surface area contributed by atoms with Crippen LogP contribution in [0.3, 0.4) is 0 Å². The van der Waals surface area contributed by atoms with Crippen molar-refractivity contribution in [2.75, 3.05) is 0 Å². The van der Waals surface area contributed by atoms with Crippen LogP contribution in [0.2, 0.25) is 0 Å². The number of hydrogen-bond donors (Lipinski definition) is 0. The SMILES string of the molecule is BrCc1ccc(-c2cccnc2OC2CCCC2)cc1. The lowest BCUT2D eigenvalue weighted by molar-refractivity contribution is 0.202. The second-order valence-electron chi connectivity index (χ2n) is 5.21. The smallest absolute Gasteiger partial charge is 0.221 e. The van der Waals surface area contributed by atoms with Crippen LogP contribution in [-0.2, 0) is 5.33 Å². The van der Waals surface area contributed by atoms with Crippen LogP contribution in [-0.4, -0.2) is 11.1 Å². The van der Waals surface area contributed by atoms with E-state index >= 15 is 0 Å². The first-order valence-corrected chi connectivity index (χ1v) is 8.26. The van der Waals surface area contributed by atoms with Crippen molar-refractivity contribution in [3.8, 4) is 17.0 Å². The topological polar surface area (TPSA) is 22.1 Å². The zero-order valence-electron chi connectivity index (χ0n) is 11.4. The Morgan fingerprint density at radius 1 is 1.10 bits per heavy atom. The van der Waals surface area contributed by atoms with Crippen LogP contribution in [0.5, 0.6) is 5.88 Å². The van der Waals surface area contributed by atoms with Crippen LogP contribution in [0.1, 0.15) is 31.2 Å². The lowest BCUT2D eigenvalue weighted by Crippen LogP contribution is -2.12. The molecule has 1 fully saturated rings. The standard InChI is InChI=1S/C17H18BrNO/c18-12-13-7-9-14(10-8-13)16-6-3-11-19-17(16)20-15-4-1-2-5-15/h3,6-11,15H,1-2,4-5,12H2. The Morgan fingerprint density at radius 2 is 1.85 bits per heavy atom. The summed E-state index contributed by atoms with van der Waals surface area (Å²) in [6, 6.07) is 12.6. The molecule has 1 aliphatic rings. The second kappa shape index (κ2) is 6.40. The van der Waals surface area contributed by atoms with Gasteiger partial charge in [0.05, 0.1) is 0 Å². The van der Waals surface area contributed by atoms with Crippen LogP contribution in [0.25, 0.3) is 11.1 Å². The Morgan fingerprint density at radius 3 is 2.55 bits per heavy atom. The van der Waals surface area contributed by atoms with Crippen molar-refractivity contribution in [3.05, 3.63) is 48.2 Å². The molecule has 0 N–H and O–H groups in total. The maximum Gasteiger partial charge on any atom is 0.221 e. The molecule has 0 saturated heterocycles. The van der Waals surface area contributed by atoms with E-state index < -0.39 is 0 Å². The van der Waals surface area contributed by atoms with E-state index in [0.717, 1.165) is 35.2 Å². The zero-order chi connectivity index (χ0) is 13.8. The van der Waals surface area contributed by atoms with E-state index in [1.807, 2.05) is 6.07 Å². The molecule has 3 heteroatoms. The van der Waals surface area contributed by atoms with E-state index in [1.165, 1.54) is 18.4 Å². The van der Waals surface area contributed by atoms with Gasteiger partial charge in [-0.05, 0) is 48.9 Å². The van der Waals surface area contributed by atoms with Crippen LogP contribution in [0, 0.1) is 0 Å². The number of halogens is 1. The van der Waals surface area contributed by atoms with Crippen molar-refractivity contribution < 1.29 is 4.74 Å². The van der Waals surface area contributed by atoms with Crippen molar-refractivity contribution in [2.45, 2.75) is 37.1 Å². The number of rotatable bonds is 4. The van der Waals surface area contributed by atoms with Gasteiger partial charge in [-0.15, -0.1) is 0 Å². The van der Waals surface area contributed by atoms with Crippen LogP contribution in [0.15, 0.2) is 42.6 Å². The van der Waals surface area contributed by atoms with E-state index in [-0.39, 0.29) is 0 Å². The molecule has 1 saturated carbocycles. The highest BCUT2D eigenvalue weighted by molar-refractivity contribution is 9.08. The number of hydrogen-bond acceptors (Lipinski definition) is 2. The average molecular weight is 332 g/mol. The third-order valence-electron chi connectivity index (χ3n) is 3.77. The summed E-state index contributed by atoms with van der Waals surface area (Å²) >= 11 is 3.47. The summed E-state index contributed by atoms with van der Waals surface area (Å²) in [6.07, 6.45) is 6.99. The summed E-state index contributed by atoms with van der Waals surface area (Å²) in [7, 11) is 0. The molecule has 0 amide bonds. The van der Waals surface area contributed by atoms with Gasteiger partial charge >= 0.3 is 0 Å². The molecule has 104 valence electrons. The van der Waals surface area contributed by atoms with Gasteiger partial charge in [0, 0.05) is 17.1 Å². The Kier molecular flexibility index (Phi) is 4.36. The van der Waals surface area contributed by atoms with E-state index in [2.05, 4.69) is 51.2 Å². The highest BCUT2D eigenvalue weighted by atomic mass is 79.9. The number of ether oxygens (including phenoxy) is 1. The van der Waals surface area contributed by atoms with E-state index in [0.29, 0.717) is 6.10 Å². The summed E-state index contributed by atoms with van der Waals surface area (Å²) in [5.74, 6) is 0.769. The van der Waals surface area contributed by atoms with Gasteiger partial charge in [-0.3, -0.25) is 0 Å². The summed E-state index contributed by atoms with van der Waals surface area (Å²) in [5.41, 5.74) is 3.52. The number of benzene rings is 1. The van der Waals surface area contributed by atoms with Crippen molar-refractivity contribution in [2.24, 2.45) is 0 Å². The van der Waals surface area contributed by atoms with Crippen molar-refractivity contribution in [1.29, 1.82) is 0 Å². The lowest BCUT2D eigenvalue weighted by atomic mass is 10.1. The largest absolute Gasteiger partial charge is 0.474 e. The zero-order valence-corrected chi connectivity index (χ0v) is 13.0. The molecule has 1 aromatic carbocycles. The summed E-state index contributed by atoms with van der Waals surface area (Å²) in [4.78, 5) is 4.43. The number of pyridine rings is 1. The predicted octanol–water partition coefficient (Wildman–Crippen LogP) is 4.96. The van der Waals surface area contributed by atoms with Gasteiger partial charge in [0.15, 0.2) is 0 Å². The van der Waals surface area contributed by atoms with Gasteiger partial charge < -0.3 is 4.74 Å². The Balaban J connectivity index is 1.87. The Bertz CT molecular complexity index is 561. The normalized spacial score (nSPS) is 15.4. The quantitative estimate of drug-likeness (QED) is 0.738. The van der Waals surface area contributed by atoms with Gasteiger partial charge in [-0.1, -0.05) is 40.2 Å². The van der Waals surface area contributed by atoms with Gasteiger partial charge in [0.2, 0.25) is 5.88 Å². The maximum absolute atomic E-state index is 6.10. The molecule has 0 spiro atoms. The van der Waals surface area contributed by atoms with Gasteiger partial charge in [-0.25, -0.2) is 4.98 Å². The second-order valence-corrected chi connectivity index (χ2v) is 5.77. The minimum Gasteiger partial charge on any atom is -0.474 e. The first-order chi connectivity index (χ1) is 9.86. The Hall–Kier alpha value is -1.35. The molecule has 3 rings (SSSR count). The molecule has 0 unspecified atom stereocenters. The Labute approximate surface area is 128 Å². The molecule has 20 heavy (non-hydrogen) atoms. The van der Waals surface area contributed by atoms with E-state index in [1.54, 1.807) is 6.20 Å². The van der Waals surface area contributed by atoms with E-state index in [9.17, 15) is 0 Å². The fourth-order valence-electron chi connectivity index (χ4n) is 2.64. The molecule has 0 atom stereocenters. The van der Waals surface area contributed by atoms with Crippen LogP contribution >= 0.6 is 15.9 Å². The molecule has 0 bridgehead atoms. The fourth-order valence-corrected chi connectivity index (χ4v) is 3.02. The monoisotopic (exact) mass is 331 g/mol. The van der Waals surface area contributed by atoms with Gasteiger partial charge in [0.1, 0.15) is 6.10 Å². The fraction of sp³-hybridized carbons (Fsp3) is 0.353. The molecule has 0 radical (unpaired) electrons. The van der Waals surface area contributed by atoms with E-state index in [4.69, 9.17) is 4.74 Å². The first kappa shape index (κ1) is 13.6. The van der Waals surface area contributed by atoms with Crippen molar-refractivity contribution in [1.82, 2.24) is 4.98 Å². The average Bonchev–Trinajstić information content (AvgIpc) is 3.01. The van der Waals surface area contributed by atoms with Gasteiger partial charge in [-0.2, -0.15) is 0 Å². The predicted molar refractivity (Wildman–Crippen MR) is 85.2 cm³/mol. The molecule has 1 heterocycles. The van der Waals surface area contributed by atoms with Gasteiger partial charge in [0.25, 0.3) is 0 Å². The molecular formula is C17H18BrNO. The number of alkyl halides is 1. The third kappa shape index (κ3) is 3.04. The molecular weight excluding hydrogens is 314 g/mol. The maximum atomic E-state index is 6.10. The van der Waals surface area contributed by atoms with Crippen LogP contribution < -0.4 is 4.74 Å².